The summed E-state index contributed by atoms with van der Waals surface area (Å²) in [6, 6.07) is 16.2. The molecule has 0 N–H and O–H groups in total. The van der Waals surface area contributed by atoms with Crippen molar-refractivity contribution in [3.05, 3.63) is 65.2 Å². The first-order valence-electron chi connectivity index (χ1n) is 8.86. The zero-order valence-corrected chi connectivity index (χ0v) is 14.8. The Morgan fingerprint density at radius 3 is 1.96 bits per heavy atom. The third kappa shape index (κ3) is 4.85. The topological polar surface area (TPSA) is 27.7 Å². The summed E-state index contributed by atoms with van der Waals surface area (Å²) in [4.78, 5) is 0. The molecule has 0 saturated carbocycles. The lowest BCUT2D eigenvalue weighted by Gasteiger charge is -2.29. The van der Waals surface area contributed by atoms with Gasteiger partial charge in [-0.1, -0.05) is 30.9 Å². The van der Waals surface area contributed by atoms with Crippen LogP contribution in [0.25, 0.3) is 0 Å². The molecule has 130 valence electrons. The van der Waals surface area contributed by atoms with E-state index in [9.17, 15) is 0 Å². The minimum Gasteiger partial charge on any atom is -0.494 e. The van der Waals surface area contributed by atoms with Crippen molar-refractivity contribution < 1.29 is 14.2 Å². The van der Waals surface area contributed by atoms with Crippen molar-refractivity contribution in [2.24, 2.45) is 0 Å². The van der Waals surface area contributed by atoms with Gasteiger partial charge in [-0.3, -0.25) is 0 Å². The van der Waals surface area contributed by atoms with E-state index in [0.717, 1.165) is 36.5 Å². The highest BCUT2D eigenvalue weighted by atomic mass is 16.7. The summed E-state index contributed by atoms with van der Waals surface area (Å²) < 4.78 is 16.8. The molecule has 0 radical (unpaired) electrons. The van der Waals surface area contributed by atoms with Crippen LogP contribution in [0.2, 0.25) is 0 Å². The largest absolute Gasteiger partial charge is 0.494 e. The quantitative estimate of drug-likeness (QED) is 0.777. The van der Waals surface area contributed by atoms with E-state index in [1.54, 1.807) is 0 Å². The molecule has 3 heteroatoms. The van der Waals surface area contributed by atoms with Gasteiger partial charge in [0.2, 0.25) is 0 Å². The highest BCUT2D eigenvalue weighted by Gasteiger charge is 2.21. The molecule has 1 heterocycles. The molecule has 0 atom stereocenters. The molecule has 1 aliphatic rings. The molecule has 1 saturated heterocycles. The molecule has 0 amide bonds. The fourth-order valence-electron chi connectivity index (χ4n) is 2.76. The van der Waals surface area contributed by atoms with Crippen LogP contribution >= 0.6 is 0 Å². The van der Waals surface area contributed by atoms with Crippen LogP contribution in [0.3, 0.4) is 0 Å². The molecule has 3 rings (SSSR count). The first-order valence-corrected chi connectivity index (χ1v) is 8.86. The van der Waals surface area contributed by atoms with Gasteiger partial charge in [-0.05, 0) is 55.3 Å². The third-order valence-corrected chi connectivity index (χ3v) is 4.20. The summed E-state index contributed by atoms with van der Waals surface area (Å²) in [5, 5.41) is 0. The van der Waals surface area contributed by atoms with Crippen LogP contribution in [0.1, 0.15) is 42.9 Å². The second kappa shape index (κ2) is 8.71. The molecule has 3 nitrogen and oxygen atoms in total. The third-order valence-electron chi connectivity index (χ3n) is 4.20. The molecule has 0 aliphatic carbocycles. The molecular formula is C22H24O3. The van der Waals surface area contributed by atoms with Gasteiger partial charge < -0.3 is 14.2 Å². The van der Waals surface area contributed by atoms with Crippen molar-refractivity contribution in [2.75, 3.05) is 19.8 Å². The van der Waals surface area contributed by atoms with Gasteiger partial charge in [0.05, 0.1) is 19.8 Å². The van der Waals surface area contributed by atoms with Crippen molar-refractivity contribution in [1.29, 1.82) is 0 Å². The Bertz CT molecular complexity index is 715. The van der Waals surface area contributed by atoms with E-state index >= 15 is 0 Å². The van der Waals surface area contributed by atoms with Gasteiger partial charge in [-0.25, -0.2) is 0 Å². The standard InChI is InChI=1S/C22H24O3/c1-3-22-24-15-20(16-25-22)19-11-7-17(8-12-19)5-6-18-9-13-21(14-10-18)23-4-2/h7-14,20,22H,3-4,15-16H2,1-2H3. The van der Waals surface area contributed by atoms with Crippen molar-refractivity contribution in [3.8, 4) is 17.6 Å². The molecule has 0 aromatic heterocycles. The summed E-state index contributed by atoms with van der Waals surface area (Å²) in [7, 11) is 0. The van der Waals surface area contributed by atoms with Gasteiger partial charge in [0.15, 0.2) is 6.29 Å². The molecule has 0 unspecified atom stereocenters. The van der Waals surface area contributed by atoms with Gasteiger partial charge in [0, 0.05) is 17.0 Å². The van der Waals surface area contributed by atoms with Crippen LogP contribution in [-0.2, 0) is 9.47 Å². The predicted molar refractivity (Wildman–Crippen MR) is 98.8 cm³/mol. The molecule has 25 heavy (non-hydrogen) atoms. The number of benzene rings is 2. The Balaban J connectivity index is 1.61. The SMILES string of the molecule is CCOc1ccc(C#Cc2ccc(C3COC(CC)OC3)cc2)cc1. The van der Waals surface area contributed by atoms with E-state index in [2.05, 4.69) is 43.0 Å². The van der Waals surface area contributed by atoms with Crippen molar-refractivity contribution in [2.45, 2.75) is 32.5 Å². The normalized spacial score (nSPS) is 19.8. The van der Waals surface area contributed by atoms with Crippen LogP contribution < -0.4 is 4.74 Å². The van der Waals surface area contributed by atoms with E-state index in [-0.39, 0.29) is 6.29 Å². The van der Waals surface area contributed by atoms with Crippen LogP contribution in [0.15, 0.2) is 48.5 Å². The molecule has 2 aromatic rings. The molecule has 0 spiro atoms. The smallest absolute Gasteiger partial charge is 0.157 e. The van der Waals surface area contributed by atoms with E-state index < -0.39 is 0 Å². The predicted octanol–water partition coefficient (Wildman–Crippen LogP) is 4.35. The average Bonchev–Trinajstić information content (AvgIpc) is 2.68. The number of hydrogen-bond acceptors (Lipinski definition) is 3. The van der Waals surface area contributed by atoms with Crippen LogP contribution in [0, 0.1) is 11.8 Å². The van der Waals surface area contributed by atoms with Crippen molar-refractivity contribution in [3.63, 3.8) is 0 Å². The lowest BCUT2D eigenvalue weighted by molar-refractivity contribution is -0.187. The molecular weight excluding hydrogens is 312 g/mol. The maximum Gasteiger partial charge on any atom is 0.157 e. The molecule has 2 aromatic carbocycles. The molecule has 0 bridgehead atoms. The Morgan fingerprint density at radius 2 is 1.44 bits per heavy atom. The second-order valence-electron chi connectivity index (χ2n) is 6.03. The second-order valence-corrected chi connectivity index (χ2v) is 6.03. The summed E-state index contributed by atoms with van der Waals surface area (Å²) in [6.45, 7) is 6.16. The van der Waals surface area contributed by atoms with Gasteiger partial charge in [-0.2, -0.15) is 0 Å². The van der Waals surface area contributed by atoms with Gasteiger partial charge in [0.25, 0.3) is 0 Å². The van der Waals surface area contributed by atoms with Crippen molar-refractivity contribution in [1.82, 2.24) is 0 Å². The Labute approximate surface area is 149 Å². The van der Waals surface area contributed by atoms with Crippen LogP contribution in [-0.4, -0.2) is 26.1 Å². The van der Waals surface area contributed by atoms with Crippen molar-refractivity contribution >= 4 is 0 Å². The van der Waals surface area contributed by atoms with Gasteiger partial charge in [0.1, 0.15) is 5.75 Å². The van der Waals surface area contributed by atoms with Crippen LogP contribution in [0.4, 0.5) is 0 Å². The number of hydrogen-bond donors (Lipinski definition) is 0. The van der Waals surface area contributed by atoms with E-state index in [1.807, 2.05) is 31.2 Å². The van der Waals surface area contributed by atoms with Crippen LogP contribution in [0.5, 0.6) is 5.75 Å². The molecule has 1 fully saturated rings. The minimum absolute atomic E-state index is 0.0458. The average molecular weight is 336 g/mol. The Morgan fingerprint density at radius 1 is 0.880 bits per heavy atom. The summed E-state index contributed by atoms with van der Waals surface area (Å²) in [5.41, 5.74) is 3.22. The monoisotopic (exact) mass is 336 g/mol. The summed E-state index contributed by atoms with van der Waals surface area (Å²) >= 11 is 0. The van der Waals surface area contributed by atoms with Gasteiger partial charge in [-0.15, -0.1) is 0 Å². The number of ether oxygens (including phenoxy) is 3. The Hall–Kier alpha value is -2.28. The lowest BCUT2D eigenvalue weighted by Crippen LogP contribution is -2.30. The summed E-state index contributed by atoms with van der Waals surface area (Å²) in [5.74, 6) is 7.57. The van der Waals surface area contributed by atoms with Gasteiger partial charge >= 0.3 is 0 Å². The first-order chi connectivity index (χ1) is 12.3. The lowest BCUT2D eigenvalue weighted by atomic mass is 9.99. The minimum atomic E-state index is -0.0458. The Kier molecular flexibility index (Phi) is 6.11. The zero-order chi connectivity index (χ0) is 17.5. The fourth-order valence-corrected chi connectivity index (χ4v) is 2.76. The van der Waals surface area contributed by atoms with E-state index in [1.165, 1.54) is 5.56 Å². The highest BCUT2D eigenvalue weighted by molar-refractivity contribution is 5.45. The molecule has 1 aliphatic heterocycles. The van der Waals surface area contributed by atoms with E-state index in [0.29, 0.717) is 12.5 Å². The first kappa shape index (κ1) is 17.5. The maximum atomic E-state index is 5.70. The summed E-state index contributed by atoms with van der Waals surface area (Å²) in [6.07, 6.45) is 0.850. The highest BCUT2D eigenvalue weighted by Crippen LogP contribution is 2.23. The maximum absolute atomic E-state index is 5.70. The van der Waals surface area contributed by atoms with E-state index in [4.69, 9.17) is 14.2 Å². The number of rotatable bonds is 4. The zero-order valence-electron chi connectivity index (χ0n) is 14.8. The fraction of sp³-hybridized carbons (Fsp3) is 0.364.